The monoisotopic (exact) mass is 256 g/mol. The summed E-state index contributed by atoms with van der Waals surface area (Å²) in [5.41, 5.74) is 3.43. The molecule has 19 heavy (non-hydrogen) atoms. The number of nitrogens with zero attached hydrogens (tertiary/aromatic N) is 1. The van der Waals surface area contributed by atoms with Crippen molar-refractivity contribution in [3.8, 4) is 5.75 Å². The van der Waals surface area contributed by atoms with E-state index in [4.69, 9.17) is 0 Å². The summed E-state index contributed by atoms with van der Waals surface area (Å²) in [5, 5.41) is 12.4. The Morgan fingerprint density at radius 1 is 1.16 bits per heavy atom. The Morgan fingerprint density at radius 2 is 1.89 bits per heavy atom. The zero-order chi connectivity index (χ0) is 14.0. The van der Waals surface area contributed by atoms with Gasteiger partial charge in [-0.1, -0.05) is 6.07 Å². The van der Waals surface area contributed by atoms with Gasteiger partial charge < -0.3 is 10.4 Å². The second-order valence-electron chi connectivity index (χ2n) is 4.54. The van der Waals surface area contributed by atoms with Gasteiger partial charge in [0, 0.05) is 17.4 Å². The number of nitrogens with one attached hydrogen (secondary N) is 1. The third-order valence-electron chi connectivity index (χ3n) is 2.94. The van der Waals surface area contributed by atoms with Gasteiger partial charge in [0.05, 0.1) is 11.3 Å². The summed E-state index contributed by atoms with van der Waals surface area (Å²) in [6.45, 7) is 5.48. The number of aromatic nitrogens is 1. The lowest BCUT2D eigenvalue weighted by molar-refractivity contribution is 0.102. The fourth-order valence-electron chi connectivity index (χ4n) is 1.81. The average Bonchev–Trinajstić information content (AvgIpc) is 2.33. The summed E-state index contributed by atoms with van der Waals surface area (Å²) in [4.78, 5) is 16.4. The number of carbonyl (C=O) groups excluding carboxylic acids is 1. The fraction of sp³-hybridized carbons (Fsp3) is 0.200. The highest BCUT2D eigenvalue weighted by Crippen LogP contribution is 2.21. The van der Waals surface area contributed by atoms with Crippen molar-refractivity contribution in [3.05, 3.63) is 52.8 Å². The molecular weight excluding hydrogens is 240 g/mol. The molecule has 0 aliphatic heterocycles. The first-order valence-electron chi connectivity index (χ1n) is 6.02. The number of aryl methyl sites for hydroxylation is 3. The Bertz CT molecular complexity index is 636. The van der Waals surface area contributed by atoms with E-state index in [9.17, 15) is 9.90 Å². The number of amides is 1. The third kappa shape index (κ3) is 2.91. The van der Waals surface area contributed by atoms with Crippen LogP contribution in [0.3, 0.4) is 0 Å². The van der Waals surface area contributed by atoms with E-state index in [2.05, 4.69) is 10.3 Å². The van der Waals surface area contributed by atoms with Crippen molar-refractivity contribution in [1.29, 1.82) is 0 Å². The van der Waals surface area contributed by atoms with E-state index in [1.165, 1.54) is 6.07 Å². The van der Waals surface area contributed by atoms with Crippen molar-refractivity contribution >= 4 is 11.6 Å². The van der Waals surface area contributed by atoms with Crippen LogP contribution in [-0.4, -0.2) is 16.0 Å². The molecule has 1 aromatic carbocycles. The molecule has 4 nitrogen and oxygen atoms in total. The van der Waals surface area contributed by atoms with E-state index in [1.807, 2.05) is 6.92 Å². The highest BCUT2D eigenvalue weighted by molar-refractivity contribution is 6.05. The lowest BCUT2D eigenvalue weighted by atomic mass is 10.1. The van der Waals surface area contributed by atoms with E-state index >= 15 is 0 Å². The zero-order valence-corrected chi connectivity index (χ0v) is 11.2. The molecule has 0 aliphatic rings. The predicted molar refractivity (Wildman–Crippen MR) is 74.5 cm³/mol. The molecule has 4 heteroatoms. The number of anilines is 1. The highest BCUT2D eigenvalue weighted by atomic mass is 16.3. The van der Waals surface area contributed by atoms with Crippen molar-refractivity contribution in [2.45, 2.75) is 20.8 Å². The van der Waals surface area contributed by atoms with E-state index in [1.54, 1.807) is 38.1 Å². The van der Waals surface area contributed by atoms with Crippen LogP contribution in [0.1, 0.15) is 27.3 Å². The Balaban J connectivity index is 2.23. The molecule has 0 aliphatic carbocycles. The van der Waals surface area contributed by atoms with E-state index in [0.29, 0.717) is 16.9 Å². The van der Waals surface area contributed by atoms with Crippen LogP contribution < -0.4 is 5.32 Å². The van der Waals surface area contributed by atoms with Crippen LogP contribution in [-0.2, 0) is 0 Å². The van der Waals surface area contributed by atoms with Gasteiger partial charge >= 0.3 is 0 Å². The van der Waals surface area contributed by atoms with Gasteiger partial charge in [-0.3, -0.25) is 9.78 Å². The van der Waals surface area contributed by atoms with Crippen molar-refractivity contribution < 1.29 is 9.90 Å². The zero-order valence-electron chi connectivity index (χ0n) is 11.2. The molecule has 2 aromatic rings. The van der Waals surface area contributed by atoms with Crippen LogP contribution in [0.25, 0.3) is 0 Å². The van der Waals surface area contributed by atoms with Crippen molar-refractivity contribution in [2.75, 3.05) is 5.32 Å². The van der Waals surface area contributed by atoms with E-state index in [-0.39, 0.29) is 11.7 Å². The molecule has 1 aromatic heterocycles. The number of pyridine rings is 1. The summed E-state index contributed by atoms with van der Waals surface area (Å²) in [6, 6.07) is 8.59. The molecule has 2 N–H and O–H groups in total. The predicted octanol–water partition coefficient (Wildman–Crippen LogP) is 2.96. The smallest absolute Gasteiger partial charge is 0.257 e. The second kappa shape index (κ2) is 5.10. The number of aromatic hydroxyl groups is 1. The third-order valence-corrected chi connectivity index (χ3v) is 2.94. The van der Waals surface area contributed by atoms with Crippen LogP contribution in [0, 0.1) is 20.8 Å². The minimum atomic E-state index is -0.228. The Labute approximate surface area is 112 Å². The first-order valence-corrected chi connectivity index (χ1v) is 6.02. The van der Waals surface area contributed by atoms with Crippen molar-refractivity contribution in [1.82, 2.24) is 4.98 Å². The lowest BCUT2D eigenvalue weighted by Crippen LogP contribution is -2.14. The molecule has 0 spiro atoms. The number of hydrogen-bond donors (Lipinski definition) is 2. The first kappa shape index (κ1) is 13.1. The van der Waals surface area contributed by atoms with Crippen LogP contribution in [0.15, 0.2) is 30.3 Å². The molecule has 1 amide bonds. The molecule has 0 saturated heterocycles. The molecule has 98 valence electrons. The quantitative estimate of drug-likeness (QED) is 0.868. The Kier molecular flexibility index (Phi) is 3.51. The molecule has 0 bridgehead atoms. The lowest BCUT2D eigenvalue weighted by Gasteiger charge is -2.09. The van der Waals surface area contributed by atoms with Crippen molar-refractivity contribution in [2.24, 2.45) is 0 Å². The largest absolute Gasteiger partial charge is 0.508 e. The summed E-state index contributed by atoms with van der Waals surface area (Å²) in [6.07, 6.45) is 0. The molecular formula is C15H16N2O2. The van der Waals surface area contributed by atoms with Gasteiger partial charge in [0.15, 0.2) is 0 Å². The molecule has 0 radical (unpaired) electrons. The first-order chi connectivity index (χ1) is 8.97. The van der Waals surface area contributed by atoms with Gasteiger partial charge in [-0.2, -0.15) is 0 Å². The van der Waals surface area contributed by atoms with Gasteiger partial charge in [-0.05, 0) is 44.5 Å². The summed E-state index contributed by atoms with van der Waals surface area (Å²) >= 11 is 0. The summed E-state index contributed by atoms with van der Waals surface area (Å²) in [7, 11) is 0. The standard InChI is InChI=1S/C15H16N2O2/c1-9-4-6-12(8-14(9)18)17-15(19)13-7-5-10(2)16-11(13)3/h4-8,18H,1-3H3,(H,17,19). The van der Waals surface area contributed by atoms with Crippen LogP contribution in [0.5, 0.6) is 5.75 Å². The minimum Gasteiger partial charge on any atom is -0.508 e. The molecule has 0 saturated carbocycles. The normalized spacial score (nSPS) is 10.3. The maximum Gasteiger partial charge on any atom is 0.257 e. The number of benzene rings is 1. The second-order valence-corrected chi connectivity index (χ2v) is 4.54. The SMILES string of the molecule is Cc1ccc(C(=O)Nc2ccc(C)c(O)c2)c(C)n1. The van der Waals surface area contributed by atoms with Gasteiger partial charge in [-0.15, -0.1) is 0 Å². The minimum absolute atomic E-state index is 0.163. The number of hydrogen-bond acceptors (Lipinski definition) is 3. The molecule has 0 unspecified atom stereocenters. The number of phenols is 1. The maximum absolute atomic E-state index is 12.1. The number of carbonyl (C=O) groups is 1. The van der Waals surface area contributed by atoms with E-state index < -0.39 is 0 Å². The van der Waals surface area contributed by atoms with Crippen LogP contribution in [0.4, 0.5) is 5.69 Å². The number of rotatable bonds is 2. The van der Waals surface area contributed by atoms with Gasteiger partial charge in [-0.25, -0.2) is 0 Å². The van der Waals surface area contributed by atoms with Gasteiger partial charge in [0.25, 0.3) is 5.91 Å². The molecule has 0 fully saturated rings. The summed E-state index contributed by atoms with van der Waals surface area (Å²) in [5.74, 6) is -0.0650. The Morgan fingerprint density at radius 3 is 2.53 bits per heavy atom. The molecule has 0 atom stereocenters. The number of phenolic OH excluding ortho intramolecular Hbond substituents is 1. The average molecular weight is 256 g/mol. The van der Waals surface area contributed by atoms with Crippen molar-refractivity contribution in [3.63, 3.8) is 0 Å². The Hall–Kier alpha value is -2.36. The molecule has 2 rings (SSSR count). The maximum atomic E-state index is 12.1. The van der Waals surface area contributed by atoms with Crippen LogP contribution in [0.2, 0.25) is 0 Å². The highest BCUT2D eigenvalue weighted by Gasteiger charge is 2.10. The van der Waals surface area contributed by atoms with Gasteiger partial charge in [0.1, 0.15) is 5.75 Å². The van der Waals surface area contributed by atoms with Gasteiger partial charge in [0.2, 0.25) is 0 Å². The fourth-order valence-corrected chi connectivity index (χ4v) is 1.81. The summed E-state index contributed by atoms with van der Waals surface area (Å²) < 4.78 is 0. The molecule has 1 heterocycles. The van der Waals surface area contributed by atoms with Crippen LogP contribution >= 0.6 is 0 Å². The van der Waals surface area contributed by atoms with E-state index in [0.717, 1.165) is 11.3 Å². The topological polar surface area (TPSA) is 62.2 Å².